The number of aliphatic hydroxyl groups is 1. The average molecular weight is 268 g/mol. The van der Waals surface area contributed by atoms with Crippen molar-refractivity contribution in [1.82, 2.24) is 10.2 Å². The second-order valence-corrected chi connectivity index (χ2v) is 6.02. The zero-order valence-electron chi connectivity index (χ0n) is 11.4. The van der Waals surface area contributed by atoms with Gasteiger partial charge in [-0.1, -0.05) is 0 Å². The van der Waals surface area contributed by atoms with Gasteiger partial charge in [-0.05, 0) is 44.9 Å². The number of ether oxygens (including phenoxy) is 1. The highest BCUT2D eigenvalue weighted by molar-refractivity contribution is 5.75. The summed E-state index contributed by atoms with van der Waals surface area (Å²) < 4.78 is 5.77. The van der Waals surface area contributed by atoms with Crippen molar-refractivity contribution in [2.75, 3.05) is 13.2 Å². The van der Waals surface area contributed by atoms with Gasteiger partial charge in [0.15, 0.2) is 0 Å². The van der Waals surface area contributed by atoms with Crippen molar-refractivity contribution in [1.29, 1.82) is 0 Å². The molecule has 5 nitrogen and oxygen atoms in total. The Bertz CT molecular complexity index is 335. The number of fused-ring (bicyclic) bond motifs is 2. The van der Waals surface area contributed by atoms with Gasteiger partial charge in [0.05, 0.1) is 18.2 Å². The molecule has 5 heteroatoms. The van der Waals surface area contributed by atoms with Crippen LogP contribution in [0.5, 0.6) is 0 Å². The van der Waals surface area contributed by atoms with Crippen molar-refractivity contribution >= 4 is 6.03 Å². The van der Waals surface area contributed by atoms with Crippen LogP contribution in [0.15, 0.2) is 0 Å². The first-order chi connectivity index (χ1) is 9.28. The number of nitrogens with one attached hydrogen (secondary N) is 1. The molecule has 108 valence electrons. The van der Waals surface area contributed by atoms with E-state index in [1.165, 1.54) is 0 Å². The predicted octanol–water partition coefficient (Wildman–Crippen LogP) is 1.25. The fourth-order valence-corrected chi connectivity index (χ4v) is 3.75. The lowest BCUT2D eigenvalue weighted by Gasteiger charge is -2.36. The van der Waals surface area contributed by atoms with Crippen LogP contribution < -0.4 is 5.32 Å². The van der Waals surface area contributed by atoms with Crippen molar-refractivity contribution < 1.29 is 14.6 Å². The summed E-state index contributed by atoms with van der Waals surface area (Å²) >= 11 is 0. The van der Waals surface area contributed by atoms with Crippen LogP contribution in [-0.2, 0) is 4.74 Å². The first-order valence-electron chi connectivity index (χ1n) is 7.61. The Balaban J connectivity index is 1.56. The van der Waals surface area contributed by atoms with Crippen LogP contribution >= 0.6 is 0 Å². The fourth-order valence-electron chi connectivity index (χ4n) is 3.75. The van der Waals surface area contributed by atoms with Gasteiger partial charge in [-0.3, -0.25) is 0 Å². The highest BCUT2D eigenvalue weighted by atomic mass is 16.5. The van der Waals surface area contributed by atoms with Crippen molar-refractivity contribution in [3.8, 4) is 0 Å². The molecule has 0 spiro atoms. The topological polar surface area (TPSA) is 61.8 Å². The van der Waals surface area contributed by atoms with E-state index in [0.717, 1.165) is 45.1 Å². The lowest BCUT2D eigenvalue weighted by atomic mass is 9.95. The first-order valence-corrected chi connectivity index (χ1v) is 7.61. The van der Waals surface area contributed by atoms with Gasteiger partial charge in [0.1, 0.15) is 0 Å². The van der Waals surface area contributed by atoms with Crippen molar-refractivity contribution in [3.05, 3.63) is 0 Å². The maximum Gasteiger partial charge on any atom is 0.317 e. The summed E-state index contributed by atoms with van der Waals surface area (Å²) in [6, 6.07) is 0.445. The standard InChI is InChI=1S/C14H24N2O3/c17-8-6-10-3-1-2-7-16(10)14(18)15-12-9-11-4-5-13(12)19-11/h10-13,17H,1-9H2,(H,15,18). The molecule has 0 radical (unpaired) electrons. The normalized spacial score (nSPS) is 37.6. The number of nitrogens with zero attached hydrogens (tertiary/aromatic N) is 1. The molecule has 3 heterocycles. The van der Waals surface area contributed by atoms with E-state index in [4.69, 9.17) is 9.84 Å². The van der Waals surface area contributed by atoms with E-state index in [2.05, 4.69) is 5.32 Å². The molecule has 4 unspecified atom stereocenters. The van der Waals surface area contributed by atoms with Crippen LogP contribution in [-0.4, -0.2) is 53.5 Å². The second-order valence-electron chi connectivity index (χ2n) is 6.02. The summed E-state index contributed by atoms with van der Waals surface area (Å²) in [7, 11) is 0. The van der Waals surface area contributed by atoms with Gasteiger partial charge in [-0.15, -0.1) is 0 Å². The van der Waals surface area contributed by atoms with Crippen molar-refractivity contribution in [3.63, 3.8) is 0 Å². The van der Waals surface area contributed by atoms with Gasteiger partial charge >= 0.3 is 6.03 Å². The van der Waals surface area contributed by atoms with Crippen LogP contribution in [0, 0.1) is 0 Å². The van der Waals surface area contributed by atoms with E-state index in [1.54, 1.807) is 0 Å². The maximum absolute atomic E-state index is 12.4. The van der Waals surface area contributed by atoms with Crippen molar-refractivity contribution in [2.24, 2.45) is 0 Å². The molecular weight excluding hydrogens is 244 g/mol. The number of carbonyl (C=O) groups is 1. The minimum atomic E-state index is 0.0410. The highest BCUT2D eigenvalue weighted by Crippen LogP contribution is 2.34. The smallest absolute Gasteiger partial charge is 0.317 e. The Labute approximate surface area is 114 Å². The number of carbonyl (C=O) groups excluding carboxylic acids is 1. The summed E-state index contributed by atoms with van der Waals surface area (Å²) in [5.41, 5.74) is 0. The monoisotopic (exact) mass is 268 g/mol. The minimum absolute atomic E-state index is 0.0410. The quantitative estimate of drug-likeness (QED) is 0.810. The molecular formula is C14H24N2O3. The Morgan fingerprint density at radius 1 is 1.32 bits per heavy atom. The molecule has 3 saturated heterocycles. The van der Waals surface area contributed by atoms with Gasteiger partial charge in [0.25, 0.3) is 0 Å². The molecule has 19 heavy (non-hydrogen) atoms. The highest BCUT2D eigenvalue weighted by Gasteiger charge is 2.42. The van der Waals surface area contributed by atoms with E-state index >= 15 is 0 Å². The SMILES string of the molecule is O=C(NC1CC2CCC1O2)N1CCCCC1CCO. The Hall–Kier alpha value is -0.810. The number of amides is 2. The third kappa shape index (κ3) is 2.72. The summed E-state index contributed by atoms with van der Waals surface area (Å²) in [4.78, 5) is 14.3. The molecule has 0 aromatic heterocycles. The number of aliphatic hydroxyl groups excluding tert-OH is 1. The third-order valence-corrected chi connectivity index (χ3v) is 4.77. The molecule has 0 aliphatic carbocycles. The molecule has 4 atom stereocenters. The second kappa shape index (κ2) is 5.67. The van der Waals surface area contributed by atoms with E-state index in [9.17, 15) is 4.79 Å². The minimum Gasteiger partial charge on any atom is -0.396 e. The largest absolute Gasteiger partial charge is 0.396 e. The number of likely N-dealkylation sites (tertiary alicyclic amines) is 1. The van der Waals surface area contributed by atoms with Crippen LogP contribution in [0.3, 0.4) is 0 Å². The lowest BCUT2D eigenvalue weighted by Crippen LogP contribution is -2.53. The number of urea groups is 1. The summed E-state index contributed by atoms with van der Waals surface area (Å²) in [6.07, 6.45) is 7.73. The average Bonchev–Trinajstić information content (AvgIpc) is 3.02. The molecule has 3 fully saturated rings. The fraction of sp³-hybridized carbons (Fsp3) is 0.929. The van der Waals surface area contributed by atoms with E-state index in [0.29, 0.717) is 12.5 Å². The van der Waals surface area contributed by atoms with Crippen LogP contribution in [0.2, 0.25) is 0 Å². The number of rotatable bonds is 3. The number of hydrogen-bond donors (Lipinski definition) is 2. The molecule has 2 bridgehead atoms. The zero-order chi connectivity index (χ0) is 13.2. The van der Waals surface area contributed by atoms with Gasteiger partial charge in [0, 0.05) is 19.2 Å². The number of piperidine rings is 1. The zero-order valence-corrected chi connectivity index (χ0v) is 11.4. The molecule has 0 saturated carbocycles. The molecule has 0 aromatic carbocycles. The Morgan fingerprint density at radius 3 is 2.89 bits per heavy atom. The Morgan fingerprint density at radius 2 is 2.21 bits per heavy atom. The Kier molecular flexibility index (Phi) is 3.93. The molecule has 2 N–H and O–H groups in total. The molecule has 2 amide bonds. The first kappa shape index (κ1) is 13.2. The summed E-state index contributed by atoms with van der Waals surface area (Å²) in [5, 5.41) is 12.3. The van der Waals surface area contributed by atoms with Crippen LogP contribution in [0.1, 0.15) is 44.9 Å². The molecule has 3 rings (SSSR count). The van der Waals surface area contributed by atoms with E-state index in [1.807, 2.05) is 4.90 Å². The van der Waals surface area contributed by atoms with Gasteiger partial charge in [0.2, 0.25) is 0 Å². The predicted molar refractivity (Wildman–Crippen MR) is 70.9 cm³/mol. The maximum atomic E-state index is 12.4. The van der Waals surface area contributed by atoms with Crippen molar-refractivity contribution in [2.45, 2.75) is 69.2 Å². The summed E-state index contributed by atoms with van der Waals surface area (Å²) in [6.45, 7) is 0.976. The van der Waals surface area contributed by atoms with Crippen LogP contribution in [0.25, 0.3) is 0 Å². The third-order valence-electron chi connectivity index (χ3n) is 4.77. The van der Waals surface area contributed by atoms with E-state index in [-0.39, 0.29) is 30.8 Å². The van der Waals surface area contributed by atoms with Gasteiger partial charge in [-0.2, -0.15) is 0 Å². The molecule has 3 aliphatic rings. The van der Waals surface area contributed by atoms with Gasteiger partial charge < -0.3 is 20.1 Å². The molecule has 3 aliphatic heterocycles. The van der Waals surface area contributed by atoms with Crippen LogP contribution in [0.4, 0.5) is 4.79 Å². The lowest BCUT2D eigenvalue weighted by molar-refractivity contribution is 0.0939. The molecule has 0 aromatic rings. The number of hydrogen-bond acceptors (Lipinski definition) is 3. The summed E-state index contributed by atoms with van der Waals surface area (Å²) in [5.74, 6) is 0. The van der Waals surface area contributed by atoms with Gasteiger partial charge in [-0.25, -0.2) is 4.79 Å². The van der Waals surface area contributed by atoms with E-state index < -0.39 is 0 Å².